The Kier molecular flexibility index (Phi) is 5.55. The largest absolute Gasteiger partial charge is 0.447 e. The summed E-state index contributed by atoms with van der Waals surface area (Å²) in [4.78, 5) is 39.5. The van der Waals surface area contributed by atoms with Gasteiger partial charge in [-0.3, -0.25) is 9.69 Å². The topological polar surface area (TPSA) is 112 Å². The number of ether oxygens (including phenoxy) is 2. The van der Waals surface area contributed by atoms with Crippen molar-refractivity contribution in [3.05, 3.63) is 54.2 Å². The monoisotopic (exact) mass is 438 g/mol. The van der Waals surface area contributed by atoms with E-state index in [1.54, 1.807) is 23.2 Å². The van der Waals surface area contributed by atoms with Crippen molar-refractivity contribution in [2.45, 2.75) is 12.1 Å². The molecule has 5 rings (SSSR count). The molecule has 32 heavy (non-hydrogen) atoms. The molecule has 2 aliphatic heterocycles. The zero-order valence-corrected chi connectivity index (χ0v) is 17.2. The van der Waals surface area contributed by atoms with Gasteiger partial charge in [0.05, 0.1) is 19.2 Å². The molecule has 2 atom stereocenters. The molecule has 1 unspecified atom stereocenters. The smallest absolute Gasteiger partial charge is 0.410 e. The molecule has 0 saturated carbocycles. The van der Waals surface area contributed by atoms with Crippen molar-refractivity contribution < 1.29 is 23.9 Å². The van der Waals surface area contributed by atoms with Gasteiger partial charge in [-0.15, -0.1) is 5.10 Å². The number of amides is 2. The fraction of sp³-hybridized carbons (Fsp3) is 0.381. The highest BCUT2D eigenvalue weighted by Gasteiger charge is 2.37. The highest BCUT2D eigenvalue weighted by molar-refractivity contribution is 5.83. The Morgan fingerprint density at radius 3 is 2.94 bits per heavy atom. The lowest BCUT2D eigenvalue weighted by Gasteiger charge is -2.33. The quantitative estimate of drug-likeness (QED) is 0.552. The van der Waals surface area contributed by atoms with Crippen molar-refractivity contribution >= 4 is 23.2 Å². The zero-order chi connectivity index (χ0) is 21.9. The number of nitrogens with zero attached hydrogens (tertiary/aromatic N) is 6. The minimum absolute atomic E-state index is 0.0520. The van der Waals surface area contributed by atoms with Crippen LogP contribution < -0.4 is 4.84 Å². The van der Waals surface area contributed by atoms with Gasteiger partial charge in [0.25, 0.3) is 0 Å². The Balaban J connectivity index is 1.19. The summed E-state index contributed by atoms with van der Waals surface area (Å²) in [6.45, 7) is 1.53. The van der Waals surface area contributed by atoms with Gasteiger partial charge in [0.15, 0.2) is 0 Å². The lowest BCUT2D eigenvalue weighted by atomic mass is 10.1. The van der Waals surface area contributed by atoms with Gasteiger partial charge in [-0.1, -0.05) is 35.2 Å². The Bertz CT molecular complexity index is 1110. The SMILES string of the molecule is O=C(CN1C(=O)OC[C@H]1c1ccccc1)N1CCOC(COn2nnc3cccnc32)C1. The summed E-state index contributed by atoms with van der Waals surface area (Å²) >= 11 is 0. The summed E-state index contributed by atoms with van der Waals surface area (Å²) in [6.07, 6.45) is 0.812. The standard InChI is InChI=1S/C21H22N6O5/c28-19(12-26-18(14-31-21(26)29)15-5-2-1-3-6-15)25-9-10-30-16(11-25)13-32-27-20-17(23-24-27)7-4-8-22-20/h1-8,16,18H,9-14H2/t16?,18-/m0/s1. The van der Waals surface area contributed by atoms with Crippen LogP contribution in [-0.4, -0.2) is 87.5 Å². The number of morpholine rings is 1. The van der Waals surface area contributed by atoms with Gasteiger partial charge < -0.3 is 19.2 Å². The van der Waals surface area contributed by atoms with E-state index in [4.69, 9.17) is 14.3 Å². The van der Waals surface area contributed by atoms with Gasteiger partial charge in [0, 0.05) is 12.7 Å². The molecule has 4 heterocycles. The number of benzene rings is 1. The van der Waals surface area contributed by atoms with Gasteiger partial charge in [0.1, 0.15) is 31.4 Å². The predicted octanol–water partition coefficient (Wildman–Crippen LogP) is 0.676. The summed E-state index contributed by atoms with van der Waals surface area (Å²) in [5, 5.41) is 7.93. The van der Waals surface area contributed by atoms with Crippen LogP contribution in [0.25, 0.3) is 11.2 Å². The number of cyclic esters (lactones) is 1. The number of pyridine rings is 1. The molecular formula is C21H22N6O5. The highest BCUT2D eigenvalue weighted by Crippen LogP contribution is 2.27. The first kappa shape index (κ1) is 20.2. The van der Waals surface area contributed by atoms with Gasteiger partial charge in [0.2, 0.25) is 11.6 Å². The van der Waals surface area contributed by atoms with E-state index in [1.807, 2.05) is 30.3 Å². The van der Waals surface area contributed by atoms with Crippen molar-refractivity contribution in [2.75, 3.05) is 39.5 Å². The molecule has 2 amide bonds. The minimum atomic E-state index is -0.481. The van der Waals surface area contributed by atoms with Crippen LogP contribution in [0.4, 0.5) is 4.79 Å². The molecule has 0 spiro atoms. The second-order valence-corrected chi connectivity index (χ2v) is 7.57. The average molecular weight is 438 g/mol. The van der Waals surface area contributed by atoms with Gasteiger partial charge in [-0.05, 0) is 22.9 Å². The second kappa shape index (κ2) is 8.79. The Morgan fingerprint density at radius 1 is 1.19 bits per heavy atom. The van der Waals surface area contributed by atoms with E-state index in [9.17, 15) is 9.59 Å². The van der Waals surface area contributed by atoms with Gasteiger partial charge in [-0.25, -0.2) is 9.78 Å². The van der Waals surface area contributed by atoms with Crippen LogP contribution in [-0.2, 0) is 14.3 Å². The van der Waals surface area contributed by atoms with Crippen LogP contribution >= 0.6 is 0 Å². The molecule has 11 nitrogen and oxygen atoms in total. The van der Waals surface area contributed by atoms with E-state index in [2.05, 4.69) is 15.3 Å². The van der Waals surface area contributed by atoms with E-state index < -0.39 is 6.09 Å². The molecular weight excluding hydrogens is 416 g/mol. The number of aromatic nitrogens is 4. The van der Waals surface area contributed by atoms with E-state index >= 15 is 0 Å². The van der Waals surface area contributed by atoms with E-state index in [1.165, 1.54) is 9.75 Å². The van der Waals surface area contributed by atoms with E-state index in [0.29, 0.717) is 30.9 Å². The molecule has 0 N–H and O–H groups in total. The summed E-state index contributed by atoms with van der Waals surface area (Å²) in [7, 11) is 0. The third-order valence-electron chi connectivity index (χ3n) is 5.52. The Labute approximate surface area is 183 Å². The number of hydrogen-bond acceptors (Lipinski definition) is 8. The summed E-state index contributed by atoms with van der Waals surface area (Å²) in [5.74, 6) is -0.161. The first-order chi connectivity index (χ1) is 15.7. The Morgan fingerprint density at radius 2 is 2.06 bits per heavy atom. The first-order valence-corrected chi connectivity index (χ1v) is 10.4. The van der Waals surface area contributed by atoms with Gasteiger partial charge >= 0.3 is 6.09 Å². The van der Waals surface area contributed by atoms with Crippen LogP contribution in [0, 0.1) is 0 Å². The lowest BCUT2D eigenvalue weighted by molar-refractivity contribution is -0.142. The molecule has 0 aliphatic carbocycles. The third-order valence-corrected chi connectivity index (χ3v) is 5.52. The number of rotatable bonds is 6. The van der Waals surface area contributed by atoms with E-state index in [0.717, 1.165) is 5.56 Å². The molecule has 2 fully saturated rings. The van der Waals surface area contributed by atoms with Crippen LogP contribution in [0.3, 0.4) is 0 Å². The summed E-state index contributed by atoms with van der Waals surface area (Å²) in [6, 6.07) is 12.8. The average Bonchev–Trinajstić information content (AvgIpc) is 3.42. The summed E-state index contributed by atoms with van der Waals surface area (Å²) < 4.78 is 11.0. The number of hydrogen-bond donors (Lipinski definition) is 0. The van der Waals surface area contributed by atoms with Crippen LogP contribution in [0.15, 0.2) is 48.7 Å². The maximum Gasteiger partial charge on any atom is 0.410 e. The number of carbonyl (C=O) groups excluding carboxylic acids is 2. The molecule has 2 aliphatic rings. The van der Waals surface area contributed by atoms with Gasteiger partial charge in [-0.2, -0.15) is 0 Å². The zero-order valence-electron chi connectivity index (χ0n) is 17.2. The molecule has 2 saturated heterocycles. The molecule has 1 aromatic carbocycles. The predicted molar refractivity (Wildman–Crippen MR) is 110 cm³/mol. The van der Waals surface area contributed by atoms with Crippen molar-refractivity contribution in [2.24, 2.45) is 0 Å². The Hall–Kier alpha value is -3.73. The molecule has 0 bridgehead atoms. The number of carbonyl (C=O) groups is 2. The lowest BCUT2D eigenvalue weighted by Crippen LogP contribution is -2.51. The van der Waals surface area contributed by atoms with Crippen molar-refractivity contribution in [3.8, 4) is 0 Å². The fourth-order valence-corrected chi connectivity index (χ4v) is 3.85. The maximum atomic E-state index is 13.0. The molecule has 166 valence electrons. The fourth-order valence-electron chi connectivity index (χ4n) is 3.85. The molecule has 3 aromatic rings. The van der Waals surface area contributed by atoms with Crippen molar-refractivity contribution in [1.29, 1.82) is 0 Å². The van der Waals surface area contributed by atoms with E-state index in [-0.39, 0.29) is 37.8 Å². The molecule has 2 aromatic heterocycles. The summed E-state index contributed by atoms with van der Waals surface area (Å²) in [5.41, 5.74) is 2.07. The van der Waals surface area contributed by atoms with Crippen molar-refractivity contribution in [3.63, 3.8) is 0 Å². The normalized spacial score (nSPS) is 21.1. The highest BCUT2D eigenvalue weighted by atomic mass is 16.7. The third kappa shape index (κ3) is 4.06. The molecule has 11 heteroatoms. The van der Waals surface area contributed by atoms with Crippen LogP contribution in [0.5, 0.6) is 0 Å². The van der Waals surface area contributed by atoms with Crippen LogP contribution in [0.2, 0.25) is 0 Å². The van der Waals surface area contributed by atoms with Crippen LogP contribution in [0.1, 0.15) is 11.6 Å². The maximum absolute atomic E-state index is 13.0. The van der Waals surface area contributed by atoms with Crippen molar-refractivity contribution in [1.82, 2.24) is 29.9 Å². The second-order valence-electron chi connectivity index (χ2n) is 7.57. The molecule has 0 radical (unpaired) electrons. The minimum Gasteiger partial charge on any atom is -0.447 e. The number of fused-ring (bicyclic) bond motifs is 1. The first-order valence-electron chi connectivity index (χ1n) is 10.4.